The van der Waals surface area contributed by atoms with Crippen LogP contribution in [0.3, 0.4) is 0 Å². The van der Waals surface area contributed by atoms with E-state index in [2.05, 4.69) is 13.8 Å². The van der Waals surface area contributed by atoms with Crippen LogP contribution in [-0.4, -0.2) is 29.0 Å². The van der Waals surface area contributed by atoms with Gasteiger partial charge in [-0.05, 0) is 55.4 Å². The van der Waals surface area contributed by atoms with Gasteiger partial charge in [0.1, 0.15) is 5.75 Å². The largest absolute Gasteiger partial charge is 0.508 e. The number of hydrogen-bond acceptors (Lipinski definition) is 2. The Labute approximate surface area is 115 Å². The Balaban J connectivity index is 2.02. The fourth-order valence-electron chi connectivity index (χ4n) is 2.74. The van der Waals surface area contributed by atoms with Gasteiger partial charge in [-0.15, -0.1) is 0 Å². The maximum absolute atomic E-state index is 12.4. The van der Waals surface area contributed by atoms with E-state index >= 15 is 0 Å². The Morgan fingerprint density at radius 2 is 1.74 bits per heavy atom. The minimum absolute atomic E-state index is 0.0460. The lowest BCUT2D eigenvalue weighted by Gasteiger charge is -2.38. The number of aromatic hydroxyl groups is 1. The fourth-order valence-corrected chi connectivity index (χ4v) is 2.74. The molecule has 1 fully saturated rings. The molecular formula is C16H23NO2. The molecule has 3 heteroatoms. The number of benzene rings is 1. The SMILES string of the molecule is CN(C(=O)c1ccc(O)cc1)C1CCC(C)(C)CC1. The van der Waals surface area contributed by atoms with Gasteiger partial charge in [-0.1, -0.05) is 13.8 Å². The molecule has 0 heterocycles. The minimum atomic E-state index is 0.0460. The van der Waals surface area contributed by atoms with Crippen LogP contribution in [-0.2, 0) is 0 Å². The summed E-state index contributed by atoms with van der Waals surface area (Å²) in [6, 6.07) is 6.83. The number of hydrogen-bond donors (Lipinski definition) is 1. The lowest BCUT2D eigenvalue weighted by atomic mass is 9.75. The summed E-state index contributed by atoms with van der Waals surface area (Å²) >= 11 is 0. The van der Waals surface area contributed by atoms with E-state index in [1.807, 2.05) is 11.9 Å². The maximum atomic E-state index is 12.4. The third-order valence-corrected chi connectivity index (χ3v) is 4.29. The average Bonchev–Trinajstić information content (AvgIpc) is 2.38. The average molecular weight is 261 g/mol. The van der Waals surface area contributed by atoms with Crippen molar-refractivity contribution in [3.8, 4) is 5.75 Å². The normalized spacial score (nSPS) is 19.1. The van der Waals surface area contributed by atoms with E-state index in [0.717, 1.165) is 12.8 Å². The second-order valence-corrected chi connectivity index (χ2v) is 6.36. The summed E-state index contributed by atoms with van der Waals surface area (Å²) in [4.78, 5) is 14.2. The van der Waals surface area contributed by atoms with E-state index in [-0.39, 0.29) is 11.7 Å². The molecule has 0 spiro atoms. The molecule has 1 aromatic carbocycles. The van der Waals surface area contributed by atoms with Crippen molar-refractivity contribution < 1.29 is 9.90 Å². The van der Waals surface area contributed by atoms with Crippen molar-refractivity contribution in [3.05, 3.63) is 29.8 Å². The molecule has 0 saturated heterocycles. The number of amides is 1. The van der Waals surface area contributed by atoms with E-state index < -0.39 is 0 Å². The van der Waals surface area contributed by atoms with Crippen LogP contribution in [0.4, 0.5) is 0 Å². The lowest BCUT2D eigenvalue weighted by molar-refractivity contribution is 0.0635. The van der Waals surface area contributed by atoms with Crippen molar-refractivity contribution in [2.45, 2.75) is 45.6 Å². The molecule has 3 nitrogen and oxygen atoms in total. The molecule has 2 rings (SSSR count). The monoisotopic (exact) mass is 261 g/mol. The van der Waals surface area contributed by atoms with E-state index in [1.54, 1.807) is 24.3 Å². The van der Waals surface area contributed by atoms with E-state index in [0.29, 0.717) is 17.0 Å². The fraction of sp³-hybridized carbons (Fsp3) is 0.562. The summed E-state index contributed by atoms with van der Waals surface area (Å²) in [5.74, 6) is 0.239. The third-order valence-electron chi connectivity index (χ3n) is 4.29. The van der Waals surface area contributed by atoms with Crippen LogP contribution in [0.5, 0.6) is 5.75 Å². The molecule has 1 saturated carbocycles. The Kier molecular flexibility index (Phi) is 3.83. The molecule has 1 aliphatic rings. The molecule has 0 atom stereocenters. The van der Waals surface area contributed by atoms with E-state index in [1.165, 1.54) is 12.8 Å². The second-order valence-electron chi connectivity index (χ2n) is 6.36. The Bertz CT molecular complexity index is 440. The number of carbonyl (C=O) groups excluding carboxylic acids is 1. The van der Waals surface area contributed by atoms with Crippen LogP contribution in [0, 0.1) is 5.41 Å². The van der Waals surface area contributed by atoms with Crippen LogP contribution >= 0.6 is 0 Å². The summed E-state index contributed by atoms with van der Waals surface area (Å²) < 4.78 is 0. The highest BCUT2D eigenvalue weighted by Crippen LogP contribution is 2.36. The zero-order valence-corrected chi connectivity index (χ0v) is 12.0. The van der Waals surface area contributed by atoms with Crippen LogP contribution in [0.2, 0.25) is 0 Å². The number of nitrogens with zero attached hydrogens (tertiary/aromatic N) is 1. The zero-order valence-electron chi connectivity index (χ0n) is 12.0. The van der Waals surface area contributed by atoms with Crippen molar-refractivity contribution in [3.63, 3.8) is 0 Å². The molecule has 0 bridgehead atoms. The first-order valence-electron chi connectivity index (χ1n) is 6.95. The van der Waals surface area contributed by atoms with Crippen molar-refractivity contribution in [2.75, 3.05) is 7.05 Å². The van der Waals surface area contributed by atoms with Crippen LogP contribution in [0.25, 0.3) is 0 Å². The van der Waals surface area contributed by atoms with Crippen LogP contribution in [0.15, 0.2) is 24.3 Å². The van der Waals surface area contributed by atoms with Gasteiger partial charge in [0.05, 0.1) is 0 Å². The van der Waals surface area contributed by atoms with E-state index in [9.17, 15) is 9.90 Å². The molecule has 1 aromatic rings. The van der Waals surface area contributed by atoms with Crippen LogP contribution in [0.1, 0.15) is 49.9 Å². The van der Waals surface area contributed by atoms with Gasteiger partial charge in [-0.2, -0.15) is 0 Å². The van der Waals surface area contributed by atoms with Gasteiger partial charge >= 0.3 is 0 Å². The van der Waals surface area contributed by atoms with Gasteiger partial charge in [0, 0.05) is 18.7 Å². The third kappa shape index (κ3) is 3.28. The number of phenolic OH excluding ortho intramolecular Hbond substituents is 1. The topological polar surface area (TPSA) is 40.5 Å². The molecule has 1 N–H and O–H groups in total. The summed E-state index contributed by atoms with van der Waals surface area (Å²) in [6.07, 6.45) is 4.50. The summed E-state index contributed by atoms with van der Waals surface area (Å²) in [6.45, 7) is 4.59. The second kappa shape index (κ2) is 5.24. The van der Waals surface area contributed by atoms with Crippen molar-refractivity contribution in [1.29, 1.82) is 0 Å². The number of carbonyl (C=O) groups is 1. The molecule has 1 aliphatic carbocycles. The van der Waals surface area contributed by atoms with Gasteiger partial charge in [0.15, 0.2) is 0 Å². The highest BCUT2D eigenvalue weighted by Gasteiger charge is 2.30. The predicted molar refractivity (Wildman–Crippen MR) is 76.2 cm³/mol. The van der Waals surface area contributed by atoms with Gasteiger partial charge in [0.2, 0.25) is 0 Å². The highest BCUT2D eigenvalue weighted by atomic mass is 16.3. The minimum Gasteiger partial charge on any atom is -0.508 e. The quantitative estimate of drug-likeness (QED) is 0.886. The summed E-state index contributed by atoms with van der Waals surface area (Å²) in [7, 11) is 1.89. The molecule has 104 valence electrons. The Morgan fingerprint density at radius 1 is 1.21 bits per heavy atom. The lowest BCUT2D eigenvalue weighted by Crippen LogP contribution is -2.40. The molecule has 0 aliphatic heterocycles. The first kappa shape index (κ1) is 13.9. The number of rotatable bonds is 2. The Morgan fingerprint density at radius 3 is 2.26 bits per heavy atom. The highest BCUT2D eigenvalue weighted by molar-refractivity contribution is 5.94. The van der Waals surface area contributed by atoms with Gasteiger partial charge < -0.3 is 10.0 Å². The van der Waals surface area contributed by atoms with E-state index in [4.69, 9.17) is 0 Å². The first-order valence-corrected chi connectivity index (χ1v) is 6.95. The van der Waals surface area contributed by atoms with Crippen molar-refractivity contribution in [1.82, 2.24) is 4.90 Å². The number of phenols is 1. The van der Waals surface area contributed by atoms with Gasteiger partial charge in [0.25, 0.3) is 5.91 Å². The van der Waals surface area contributed by atoms with Gasteiger partial charge in [-0.25, -0.2) is 0 Å². The summed E-state index contributed by atoms with van der Waals surface area (Å²) in [5.41, 5.74) is 1.06. The Hall–Kier alpha value is -1.51. The maximum Gasteiger partial charge on any atom is 0.253 e. The molecule has 19 heavy (non-hydrogen) atoms. The van der Waals surface area contributed by atoms with Gasteiger partial charge in [-0.3, -0.25) is 4.79 Å². The molecule has 1 amide bonds. The van der Waals surface area contributed by atoms with Crippen LogP contribution < -0.4 is 0 Å². The molecule has 0 radical (unpaired) electrons. The zero-order chi connectivity index (χ0) is 14.0. The molecular weight excluding hydrogens is 238 g/mol. The first-order chi connectivity index (χ1) is 8.89. The van der Waals surface area contributed by atoms with Crippen molar-refractivity contribution in [2.24, 2.45) is 5.41 Å². The molecule has 0 unspecified atom stereocenters. The summed E-state index contributed by atoms with van der Waals surface area (Å²) in [5, 5.41) is 9.26. The standard InChI is InChI=1S/C16H23NO2/c1-16(2)10-8-13(9-11-16)17(3)15(19)12-4-6-14(18)7-5-12/h4-7,13,18H,8-11H2,1-3H3. The molecule has 0 aromatic heterocycles. The smallest absolute Gasteiger partial charge is 0.253 e. The van der Waals surface area contributed by atoms with Crippen molar-refractivity contribution >= 4 is 5.91 Å². The predicted octanol–water partition coefficient (Wildman–Crippen LogP) is 3.43.